The topological polar surface area (TPSA) is 9.23 Å². The molecule has 1 fully saturated rings. The fourth-order valence-corrected chi connectivity index (χ4v) is 2.87. The average Bonchev–Trinajstić information content (AvgIpc) is 2.32. The molecular weight excluding hydrogens is 278 g/mol. The second-order valence-corrected chi connectivity index (χ2v) is 5.00. The summed E-state index contributed by atoms with van der Waals surface area (Å²) in [6.45, 7) is 1.40. The van der Waals surface area contributed by atoms with E-state index in [1.54, 1.807) is 0 Å². The van der Waals surface area contributed by atoms with Crippen LogP contribution in [0.2, 0.25) is 0 Å². The fraction of sp³-hybridized carbons (Fsp3) is 0.500. The Bertz CT molecular complexity index is 364. The van der Waals surface area contributed by atoms with Gasteiger partial charge in [0.1, 0.15) is 11.6 Å². The van der Waals surface area contributed by atoms with E-state index in [9.17, 15) is 8.78 Å². The van der Waals surface area contributed by atoms with Crippen LogP contribution in [0.15, 0.2) is 18.2 Å². The molecule has 1 aromatic rings. The largest absolute Gasteiger partial charge is 0.381 e. The zero-order valence-electron chi connectivity index (χ0n) is 8.76. The molecule has 0 saturated carbocycles. The zero-order valence-corrected chi connectivity index (χ0v) is 10.3. The quantitative estimate of drug-likeness (QED) is 0.752. The second-order valence-electron chi connectivity index (χ2n) is 4.02. The summed E-state index contributed by atoms with van der Waals surface area (Å²) in [5.41, 5.74) is 0.409. The first-order valence-corrected chi connectivity index (χ1v) is 6.27. The Kier molecular flexibility index (Phi) is 3.92. The normalized spacial score (nSPS) is 19.7. The van der Waals surface area contributed by atoms with Gasteiger partial charge in [0.05, 0.1) is 0 Å². The molecule has 1 unspecified atom stereocenters. The van der Waals surface area contributed by atoms with Crippen molar-refractivity contribution in [3.63, 3.8) is 0 Å². The number of hydrogen-bond acceptors (Lipinski definition) is 1. The van der Waals surface area contributed by atoms with Gasteiger partial charge in [0.25, 0.3) is 0 Å². The van der Waals surface area contributed by atoms with E-state index in [-0.39, 0.29) is 10.6 Å². The molecule has 1 saturated heterocycles. The van der Waals surface area contributed by atoms with Gasteiger partial charge in [-0.15, -0.1) is 0 Å². The van der Waals surface area contributed by atoms with Crippen molar-refractivity contribution in [1.29, 1.82) is 0 Å². The monoisotopic (exact) mass is 290 g/mol. The SMILES string of the molecule is Fc1ccc(F)c(C(Br)C2CCOCC2)c1. The van der Waals surface area contributed by atoms with E-state index in [0.29, 0.717) is 24.7 Å². The van der Waals surface area contributed by atoms with Crippen LogP contribution in [0.4, 0.5) is 8.78 Å². The first kappa shape index (κ1) is 12.0. The van der Waals surface area contributed by atoms with Crippen LogP contribution in [0.1, 0.15) is 23.2 Å². The molecule has 1 nitrogen and oxygen atoms in total. The third-order valence-electron chi connectivity index (χ3n) is 2.93. The number of benzene rings is 1. The van der Waals surface area contributed by atoms with E-state index in [4.69, 9.17) is 4.74 Å². The maximum Gasteiger partial charge on any atom is 0.127 e. The highest BCUT2D eigenvalue weighted by molar-refractivity contribution is 9.09. The van der Waals surface area contributed by atoms with Crippen molar-refractivity contribution in [1.82, 2.24) is 0 Å². The minimum absolute atomic E-state index is 0.132. The van der Waals surface area contributed by atoms with Gasteiger partial charge >= 0.3 is 0 Å². The average molecular weight is 291 g/mol. The minimum atomic E-state index is -0.395. The molecule has 1 aliphatic heterocycles. The number of ether oxygens (including phenoxy) is 1. The lowest BCUT2D eigenvalue weighted by molar-refractivity contribution is 0.0659. The van der Waals surface area contributed by atoms with Gasteiger partial charge in [-0.3, -0.25) is 0 Å². The number of hydrogen-bond donors (Lipinski definition) is 0. The molecule has 88 valence electrons. The minimum Gasteiger partial charge on any atom is -0.381 e. The molecule has 1 heterocycles. The van der Waals surface area contributed by atoms with Crippen LogP contribution in [0, 0.1) is 17.6 Å². The van der Waals surface area contributed by atoms with Crippen LogP contribution in [0.5, 0.6) is 0 Å². The molecule has 1 aromatic carbocycles. The highest BCUT2D eigenvalue weighted by Gasteiger charge is 2.25. The third kappa shape index (κ3) is 2.61. The lowest BCUT2D eigenvalue weighted by atomic mass is 9.92. The molecule has 0 spiro atoms. The van der Waals surface area contributed by atoms with Gasteiger partial charge < -0.3 is 4.74 Å². The van der Waals surface area contributed by atoms with Crippen molar-refractivity contribution in [2.75, 3.05) is 13.2 Å². The summed E-state index contributed by atoms with van der Waals surface area (Å²) in [6.07, 6.45) is 1.76. The molecule has 4 heteroatoms. The zero-order chi connectivity index (χ0) is 11.5. The molecule has 0 aromatic heterocycles. The Labute approximate surface area is 102 Å². The van der Waals surface area contributed by atoms with Crippen LogP contribution in [0.25, 0.3) is 0 Å². The van der Waals surface area contributed by atoms with Crippen molar-refractivity contribution in [3.8, 4) is 0 Å². The Morgan fingerprint density at radius 1 is 1.25 bits per heavy atom. The van der Waals surface area contributed by atoms with Gasteiger partial charge in [-0.05, 0) is 37.0 Å². The lowest BCUT2D eigenvalue weighted by Gasteiger charge is -2.27. The first-order valence-electron chi connectivity index (χ1n) is 5.35. The van der Waals surface area contributed by atoms with Crippen LogP contribution >= 0.6 is 15.9 Å². The van der Waals surface area contributed by atoms with Crippen molar-refractivity contribution < 1.29 is 13.5 Å². The summed E-state index contributed by atoms with van der Waals surface area (Å²) in [4.78, 5) is -0.132. The Morgan fingerprint density at radius 3 is 2.62 bits per heavy atom. The Morgan fingerprint density at radius 2 is 1.94 bits per heavy atom. The smallest absolute Gasteiger partial charge is 0.127 e. The van der Waals surface area contributed by atoms with Crippen molar-refractivity contribution in [3.05, 3.63) is 35.4 Å². The maximum atomic E-state index is 13.5. The standard InChI is InChI=1S/C12H13BrF2O/c13-12(8-3-5-16-6-4-8)10-7-9(14)1-2-11(10)15/h1-2,7-8,12H,3-6H2. The van der Waals surface area contributed by atoms with Crippen LogP contribution in [-0.4, -0.2) is 13.2 Å². The summed E-state index contributed by atoms with van der Waals surface area (Å²) in [7, 11) is 0. The maximum absolute atomic E-state index is 13.5. The van der Waals surface area contributed by atoms with Gasteiger partial charge in [0.15, 0.2) is 0 Å². The van der Waals surface area contributed by atoms with Gasteiger partial charge in [-0.1, -0.05) is 15.9 Å². The summed E-state index contributed by atoms with van der Waals surface area (Å²) in [5, 5.41) is 0. The highest BCUT2D eigenvalue weighted by Crippen LogP contribution is 2.38. The van der Waals surface area contributed by atoms with Crippen molar-refractivity contribution in [2.45, 2.75) is 17.7 Å². The van der Waals surface area contributed by atoms with E-state index < -0.39 is 5.82 Å². The van der Waals surface area contributed by atoms with E-state index >= 15 is 0 Å². The lowest BCUT2D eigenvalue weighted by Crippen LogP contribution is -2.19. The van der Waals surface area contributed by atoms with E-state index in [2.05, 4.69) is 15.9 Å². The van der Waals surface area contributed by atoms with Gasteiger partial charge in [0, 0.05) is 23.6 Å². The highest BCUT2D eigenvalue weighted by atomic mass is 79.9. The number of halogens is 3. The molecule has 1 atom stereocenters. The third-order valence-corrected chi connectivity index (χ3v) is 4.18. The fourth-order valence-electron chi connectivity index (χ4n) is 1.99. The molecular formula is C12H13BrF2O. The molecule has 2 rings (SSSR count). The predicted octanol–water partition coefficient (Wildman–Crippen LogP) is 3.83. The molecule has 0 bridgehead atoms. The van der Waals surface area contributed by atoms with Crippen LogP contribution in [0.3, 0.4) is 0 Å². The molecule has 0 N–H and O–H groups in total. The van der Waals surface area contributed by atoms with Crippen LogP contribution < -0.4 is 0 Å². The van der Waals surface area contributed by atoms with Crippen molar-refractivity contribution >= 4 is 15.9 Å². The Balaban J connectivity index is 2.18. The summed E-state index contributed by atoms with van der Waals surface area (Å²) < 4.78 is 31.9. The Hall–Kier alpha value is -0.480. The predicted molar refractivity (Wildman–Crippen MR) is 61.6 cm³/mol. The summed E-state index contributed by atoms with van der Waals surface area (Å²) in [5.74, 6) is -0.437. The molecule has 0 amide bonds. The van der Waals surface area contributed by atoms with E-state index in [1.807, 2.05) is 0 Å². The first-order chi connectivity index (χ1) is 7.68. The van der Waals surface area contributed by atoms with Crippen molar-refractivity contribution in [2.24, 2.45) is 5.92 Å². The van der Waals surface area contributed by atoms with Gasteiger partial charge in [-0.2, -0.15) is 0 Å². The summed E-state index contributed by atoms with van der Waals surface area (Å²) in [6, 6.07) is 3.59. The number of rotatable bonds is 2. The van der Waals surface area contributed by atoms with E-state index in [0.717, 1.165) is 18.9 Å². The number of alkyl halides is 1. The van der Waals surface area contributed by atoms with Crippen LogP contribution in [-0.2, 0) is 4.74 Å². The van der Waals surface area contributed by atoms with E-state index in [1.165, 1.54) is 12.1 Å². The molecule has 0 aliphatic carbocycles. The molecule has 0 radical (unpaired) electrons. The second kappa shape index (κ2) is 5.23. The summed E-state index contributed by atoms with van der Waals surface area (Å²) >= 11 is 3.47. The van der Waals surface area contributed by atoms with Gasteiger partial charge in [-0.25, -0.2) is 8.78 Å². The molecule has 16 heavy (non-hydrogen) atoms. The van der Waals surface area contributed by atoms with Gasteiger partial charge in [0.2, 0.25) is 0 Å². The molecule has 1 aliphatic rings.